The van der Waals surface area contributed by atoms with E-state index < -0.39 is 11.7 Å². The average molecular weight is 483 g/mol. The Kier molecular flexibility index (Phi) is 6.76. The highest BCUT2D eigenvalue weighted by Crippen LogP contribution is 2.34. The second-order valence-electron chi connectivity index (χ2n) is 7.72. The van der Waals surface area contributed by atoms with Crippen LogP contribution in [0.15, 0.2) is 72.6 Å². The van der Waals surface area contributed by atoms with Crippen LogP contribution in [0.1, 0.15) is 39.3 Å². The number of rotatable bonds is 6. The zero-order chi connectivity index (χ0) is 24.3. The van der Waals surface area contributed by atoms with Crippen LogP contribution in [-0.2, 0) is 12.7 Å². The topological polar surface area (TPSA) is 80.9 Å². The summed E-state index contributed by atoms with van der Waals surface area (Å²) in [5, 5.41) is 4.83. The van der Waals surface area contributed by atoms with E-state index in [-0.39, 0.29) is 18.5 Å². The minimum absolute atomic E-state index is 0.125. The fourth-order valence-corrected chi connectivity index (χ4v) is 4.38. The predicted molar refractivity (Wildman–Crippen MR) is 126 cm³/mol. The van der Waals surface area contributed by atoms with Gasteiger partial charge in [-0.05, 0) is 58.3 Å². The fraction of sp³-hybridized carbons (Fsp3) is 0.160. The summed E-state index contributed by atoms with van der Waals surface area (Å²) in [4.78, 5) is 21.3. The summed E-state index contributed by atoms with van der Waals surface area (Å²) in [7, 11) is 0. The molecule has 0 spiro atoms. The second kappa shape index (κ2) is 9.74. The summed E-state index contributed by atoms with van der Waals surface area (Å²) in [6.07, 6.45) is 0.374. The molecule has 1 amide bonds. The van der Waals surface area contributed by atoms with Crippen molar-refractivity contribution in [2.75, 3.05) is 0 Å². The molecule has 0 unspecified atom stereocenters. The van der Waals surface area contributed by atoms with Crippen molar-refractivity contribution >= 4 is 17.2 Å². The fourth-order valence-electron chi connectivity index (χ4n) is 3.56. The number of amides is 1. The number of alkyl halides is 3. The zero-order valence-corrected chi connectivity index (χ0v) is 19.0. The maximum absolute atomic E-state index is 13.2. The Labute approximate surface area is 198 Å². The van der Waals surface area contributed by atoms with Crippen molar-refractivity contribution in [2.24, 2.45) is 5.73 Å². The van der Waals surface area contributed by atoms with Gasteiger partial charge in [-0.15, -0.1) is 11.3 Å². The van der Waals surface area contributed by atoms with E-state index in [0.717, 1.165) is 28.8 Å². The van der Waals surface area contributed by atoms with Crippen LogP contribution >= 0.6 is 11.3 Å². The zero-order valence-electron chi connectivity index (χ0n) is 18.1. The lowest BCUT2D eigenvalue weighted by Gasteiger charge is -2.16. The van der Waals surface area contributed by atoms with Crippen molar-refractivity contribution in [3.63, 3.8) is 0 Å². The van der Waals surface area contributed by atoms with Crippen molar-refractivity contribution in [3.05, 3.63) is 94.2 Å². The molecule has 2 aromatic heterocycles. The SMILES string of the molecule is C[C@@H](NC(=O)c1cc(-c2cncnc2)cs1)c1ccc(-c2cc(C(F)(F)F)ccc2CN)cc1. The summed E-state index contributed by atoms with van der Waals surface area (Å²) >= 11 is 1.33. The van der Waals surface area contributed by atoms with Gasteiger partial charge in [-0.1, -0.05) is 30.3 Å². The highest BCUT2D eigenvalue weighted by Gasteiger charge is 2.31. The van der Waals surface area contributed by atoms with E-state index in [1.54, 1.807) is 42.7 Å². The van der Waals surface area contributed by atoms with Crippen molar-refractivity contribution < 1.29 is 18.0 Å². The predicted octanol–water partition coefficient (Wildman–Crippen LogP) is 5.84. The molecule has 174 valence electrons. The number of nitrogens with two attached hydrogens (primary N) is 1. The van der Waals surface area contributed by atoms with Gasteiger partial charge in [0, 0.05) is 24.5 Å². The molecule has 0 radical (unpaired) electrons. The number of carbonyl (C=O) groups is 1. The number of nitrogens with one attached hydrogen (secondary N) is 1. The van der Waals surface area contributed by atoms with E-state index in [0.29, 0.717) is 21.6 Å². The Morgan fingerprint density at radius 3 is 2.38 bits per heavy atom. The summed E-state index contributed by atoms with van der Waals surface area (Å²) < 4.78 is 39.5. The summed E-state index contributed by atoms with van der Waals surface area (Å²) in [5.74, 6) is -0.215. The number of aromatic nitrogens is 2. The van der Waals surface area contributed by atoms with E-state index in [9.17, 15) is 18.0 Å². The molecule has 1 atom stereocenters. The lowest BCUT2D eigenvalue weighted by atomic mass is 9.95. The Hall–Kier alpha value is -3.56. The molecule has 5 nitrogen and oxygen atoms in total. The van der Waals surface area contributed by atoms with E-state index in [2.05, 4.69) is 15.3 Å². The minimum atomic E-state index is -4.43. The molecule has 34 heavy (non-hydrogen) atoms. The van der Waals surface area contributed by atoms with E-state index in [1.165, 1.54) is 23.7 Å². The number of thiophene rings is 1. The normalized spacial score (nSPS) is 12.4. The average Bonchev–Trinajstić information content (AvgIpc) is 3.34. The van der Waals surface area contributed by atoms with Crippen LogP contribution in [0.25, 0.3) is 22.3 Å². The van der Waals surface area contributed by atoms with Crippen LogP contribution in [0, 0.1) is 0 Å². The van der Waals surface area contributed by atoms with E-state index in [4.69, 9.17) is 5.73 Å². The Morgan fingerprint density at radius 1 is 1.03 bits per heavy atom. The number of carbonyl (C=O) groups excluding carboxylic acids is 1. The number of hydrogen-bond donors (Lipinski definition) is 2. The monoisotopic (exact) mass is 482 g/mol. The van der Waals surface area contributed by atoms with Gasteiger partial charge in [0.05, 0.1) is 16.5 Å². The van der Waals surface area contributed by atoms with Gasteiger partial charge in [0.15, 0.2) is 0 Å². The largest absolute Gasteiger partial charge is 0.416 e. The van der Waals surface area contributed by atoms with Crippen LogP contribution < -0.4 is 11.1 Å². The molecule has 4 aromatic rings. The van der Waals surface area contributed by atoms with E-state index in [1.807, 2.05) is 12.3 Å². The summed E-state index contributed by atoms with van der Waals surface area (Å²) in [6.45, 7) is 1.97. The van der Waals surface area contributed by atoms with Crippen LogP contribution in [0.4, 0.5) is 13.2 Å². The molecule has 4 rings (SSSR count). The smallest absolute Gasteiger partial charge is 0.345 e. The van der Waals surface area contributed by atoms with Gasteiger partial charge in [-0.2, -0.15) is 13.2 Å². The Balaban J connectivity index is 1.49. The summed E-state index contributed by atoms with van der Waals surface area (Å²) in [6, 6.07) is 12.1. The molecule has 0 saturated carbocycles. The van der Waals surface area contributed by atoms with Gasteiger partial charge in [-0.3, -0.25) is 4.79 Å². The van der Waals surface area contributed by atoms with Crippen LogP contribution in [0.2, 0.25) is 0 Å². The molecule has 0 saturated heterocycles. The Morgan fingerprint density at radius 2 is 1.74 bits per heavy atom. The quantitative estimate of drug-likeness (QED) is 0.362. The van der Waals surface area contributed by atoms with Crippen molar-refractivity contribution in [2.45, 2.75) is 25.7 Å². The van der Waals surface area contributed by atoms with Gasteiger partial charge in [0.1, 0.15) is 6.33 Å². The third kappa shape index (κ3) is 5.16. The molecule has 0 bridgehead atoms. The van der Waals surface area contributed by atoms with Crippen LogP contribution in [0.3, 0.4) is 0 Å². The Bertz CT molecular complexity index is 1290. The maximum atomic E-state index is 13.2. The van der Waals surface area contributed by atoms with Crippen molar-refractivity contribution in [1.29, 1.82) is 0 Å². The van der Waals surface area contributed by atoms with Gasteiger partial charge in [0.25, 0.3) is 5.91 Å². The standard InChI is InChI=1S/C25H21F3N4OS/c1-15(32-24(33)23-8-19(13-34-23)20-11-30-14-31-12-20)16-2-4-17(5-3-16)22-9-21(25(26,27)28)7-6-18(22)10-29/h2-9,11-15H,10,29H2,1H3,(H,32,33)/t15-/m1/s1. The molecule has 2 heterocycles. The minimum Gasteiger partial charge on any atom is -0.345 e. The molecule has 9 heteroatoms. The van der Waals surface area contributed by atoms with Gasteiger partial charge >= 0.3 is 6.18 Å². The van der Waals surface area contributed by atoms with E-state index >= 15 is 0 Å². The molecule has 0 aliphatic heterocycles. The van der Waals surface area contributed by atoms with Gasteiger partial charge in [-0.25, -0.2) is 9.97 Å². The second-order valence-corrected chi connectivity index (χ2v) is 8.63. The lowest BCUT2D eigenvalue weighted by molar-refractivity contribution is -0.137. The van der Waals surface area contributed by atoms with Gasteiger partial charge < -0.3 is 11.1 Å². The third-order valence-corrected chi connectivity index (χ3v) is 6.37. The molecule has 0 aliphatic carbocycles. The van der Waals surface area contributed by atoms with Crippen LogP contribution in [-0.4, -0.2) is 15.9 Å². The van der Waals surface area contributed by atoms with Crippen molar-refractivity contribution in [1.82, 2.24) is 15.3 Å². The number of hydrogen-bond acceptors (Lipinski definition) is 5. The molecule has 3 N–H and O–H groups in total. The van der Waals surface area contributed by atoms with Crippen LogP contribution in [0.5, 0.6) is 0 Å². The number of halogens is 3. The first-order valence-corrected chi connectivity index (χ1v) is 11.3. The lowest BCUT2D eigenvalue weighted by Crippen LogP contribution is -2.25. The first kappa shape index (κ1) is 23.6. The highest BCUT2D eigenvalue weighted by molar-refractivity contribution is 7.12. The highest BCUT2D eigenvalue weighted by atomic mass is 32.1. The summed E-state index contributed by atoms with van der Waals surface area (Å²) in [5.41, 5.74) is 9.23. The number of benzene rings is 2. The molecular weight excluding hydrogens is 461 g/mol. The molecule has 2 aromatic carbocycles. The molecule has 0 aliphatic rings. The first-order chi connectivity index (χ1) is 16.3. The van der Waals surface area contributed by atoms with Crippen molar-refractivity contribution in [3.8, 4) is 22.3 Å². The third-order valence-electron chi connectivity index (χ3n) is 5.44. The molecule has 0 fully saturated rings. The van der Waals surface area contributed by atoms with Gasteiger partial charge in [0.2, 0.25) is 0 Å². The molecular formula is C25H21F3N4OS. The number of nitrogens with zero attached hydrogens (tertiary/aromatic N) is 2. The first-order valence-electron chi connectivity index (χ1n) is 10.4. The maximum Gasteiger partial charge on any atom is 0.416 e.